The van der Waals surface area contributed by atoms with E-state index < -0.39 is 36.9 Å². The van der Waals surface area contributed by atoms with Gasteiger partial charge in [-0.05, 0) is 25.7 Å². The number of rotatable bonds is 8. The molecule has 2 aliphatic carbocycles. The van der Waals surface area contributed by atoms with E-state index in [9.17, 15) is 31.1 Å². The molecule has 0 aromatic carbocycles. The zero-order chi connectivity index (χ0) is 24.5. The Kier molecular flexibility index (Phi) is 7.36. The van der Waals surface area contributed by atoms with Crippen molar-refractivity contribution < 1.29 is 50.1 Å². The van der Waals surface area contributed by atoms with Gasteiger partial charge in [-0.1, -0.05) is 5.21 Å². The number of carbonyl (C=O) groups excluding carboxylic acids is 1. The summed E-state index contributed by atoms with van der Waals surface area (Å²) in [5.41, 5.74) is 0.564. The van der Waals surface area contributed by atoms with Crippen molar-refractivity contribution in [2.45, 2.75) is 87.7 Å². The number of alkyl halides is 6. The van der Waals surface area contributed by atoms with E-state index in [-0.39, 0.29) is 57.1 Å². The Balaban J connectivity index is 1.11. The minimum absolute atomic E-state index is 0.0819. The lowest BCUT2D eigenvalue weighted by atomic mass is 9.89. The van der Waals surface area contributed by atoms with Crippen molar-refractivity contribution in [1.29, 1.82) is 0 Å². The van der Waals surface area contributed by atoms with Crippen LogP contribution in [0.1, 0.15) is 56.4 Å². The normalized spacial score (nSPS) is 32.1. The van der Waals surface area contributed by atoms with E-state index in [1.54, 1.807) is 6.20 Å². The number of aromatic nitrogens is 3. The maximum atomic E-state index is 12.2. The summed E-state index contributed by atoms with van der Waals surface area (Å²) in [6.45, 7) is -0.0444. The van der Waals surface area contributed by atoms with E-state index in [4.69, 9.17) is 9.47 Å². The van der Waals surface area contributed by atoms with Crippen LogP contribution in [0.5, 0.6) is 0 Å². The van der Waals surface area contributed by atoms with E-state index in [2.05, 4.69) is 25.1 Å². The third-order valence-electron chi connectivity index (χ3n) is 6.05. The second-order valence-electron chi connectivity index (χ2n) is 8.69. The summed E-state index contributed by atoms with van der Waals surface area (Å²) in [6, 6.07) is -0.466. The number of amides is 1. The maximum absolute atomic E-state index is 12.2. The monoisotopic (exact) mass is 502 g/mol. The van der Waals surface area contributed by atoms with Crippen LogP contribution in [0.25, 0.3) is 0 Å². The van der Waals surface area contributed by atoms with E-state index in [0.29, 0.717) is 18.5 Å². The summed E-state index contributed by atoms with van der Waals surface area (Å²) in [5.74, 6) is -0.390. The number of carbonyl (C=O) groups is 1. The predicted octanol–water partition coefficient (Wildman–Crippen LogP) is 2.94. The lowest BCUT2D eigenvalue weighted by Gasteiger charge is -2.35. The summed E-state index contributed by atoms with van der Waals surface area (Å²) >= 11 is 0. The molecule has 1 aliphatic heterocycles. The number of nitrogens with zero attached hydrogens (tertiary/aromatic N) is 3. The minimum Gasteiger partial charge on any atom is -0.370 e. The van der Waals surface area contributed by atoms with Crippen molar-refractivity contribution >= 4 is 5.91 Å². The highest BCUT2D eigenvalue weighted by Gasteiger charge is 2.42. The van der Waals surface area contributed by atoms with E-state index in [1.165, 1.54) is 4.68 Å². The molecule has 3 aliphatic rings. The van der Waals surface area contributed by atoms with E-state index in [0.717, 1.165) is 0 Å². The van der Waals surface area contributed by atoms with Gasteiger partial charge < -0.3 is 14.8 Å². The third kappa shape index (κ3) is 7.02. The summed E-state index contributed by atoms with van der Waals surface area (Å²) in [6.07, 6.45) is -8.58. The molecule has 192 valence electrons. The zero-order valence-corrected chi connectivity index (χ0v) is 17.8. The molecule has 1 amide bonds. The van der Waals surface area contributed by atoms with Gasteiger partial charge in [-0.25, -0.2) is 4.68 Å². The molecule has 3 fully saturated rings. The van der Waals surface area contributed by atoms with Crippen molar-refractivity contribution in [2.75, 3.05) is 13.2 Å². The number of hydrogen-bond donors (Lipinski definition) is 1. The highest BCUT2D eigenvalue weighted by molar-refractivity contribution is 5.77. The SMILES string of the molecule is O=C(CO[C@H]1C[C@@H](OC(F)(F)F)C1)N[C@@H]1CC[C@@H](c2cn([C@H]3C[C@@H](OC(F)(F)F)C3)nn2)OC1. The van der Waals surface area contributed by atoms with Gasteiger partial charge in [0, 0.05) is 12.8 Å². The Labute approximate surface area is 190 Å². The minimum atomic E-state index is -4.67. The standard InChI is InChI=1S/C19H24F6N4O5/c20-18(21,22)33-13-3-11(4-13)29-7-15(27-28-29)16-2-1-10(8-32-16)26-17(30)9-31-12-5-14(6-12)34-19(23,24)25/h7,10-14,16H,1-6,8-9H2,(H,26,30)/t10-,11-,12-,13+,14+,16+/m1/s1. The van der Waals surface area contributed by atoms with Crippen molar-refractivity contribution in [3.8, 4) is 0 Å². The number of hydrogen-bond acceptors (Lipinski definition) is 7. The van der Waals surface area contributed by atoms with Crippen molar-refractivity contribution in [1.82, 2.24) is 20.3 Å². The molecule has 4 rings (SSSR count). The predicted molar refractivity (Wildman–Crippen MR) is 99.0 cm³/mol. The number of ether oxygens (including phenoxy) is 4. The molecule has 0 unspecified atom stereocenters. The molecule has 1 aromatic rings. The summed E-state index contributed by atoms with van der Waals surface area (Å²) in [5, 5.41) is 10.8. The van der Waals surface area contributed by atoms with Crippen LogP contribution in [0.2, 0.25) is 0 Å². The van der Waals surface area contributed by atoms with Crippen LogP contribution in [0.15, 0.2) is 6.20 Å². The quantitative estimate of drug-likeness (QED) is 0.546. The molecule has 2 heterocycles. The van der Waals surface area contributed by atoms with E-state index >= 15 is 0 Å². The summed E-state index contributed by atoms with van der Waals surface area (Å²) in [4.78, 5) is 12.0. The zero-order valence-electron chi connectivity index (χ0n) is 17.8. The molecule has 1 N–H and O–H groups in total. The van der Waals surface area contributed by atoms with Gasteiger partial charge in [-0.2, -0.15) is 0 Å². The average Bonchev–Trinajstić information content (AvgIpc) is 3.14. The lowest BCUT2D eigenvalue weighted by molar-refractivity contribution is -0.357. The van der Waals surface area contributed by atoms with Crippen LogP contribution in [-0.4, -0.2) is 71.2 Å². The molecule has 2 saturated carbocycles. The number of halogens is 6. The third-order valence-corrected chi connectivity index (χ3v) is 6.05. The second kappa shape index (κ2) is 9.95. The van der Waals surface area contributed by atoms with Crippen LogP contribution >= 0.6 is 0 Å². The molecule has 34 heavy (non-hydrogen) atoms. The Hall–Kier alpha value is -1.97. The first-order chi connectivity index (χ1) is 15.9. The average molecular weight is 502 g/mol. The van der Waals surface area contributed by atoms with Gasteiger partial charge in [0.05, 0.1) is 43.2 Å². The Bertz CT molecular complexity index is 830. The molecular weight excluding hydrogens is 478 g/mol. The van der Waals surface area contributed by atoms with Crippen LogP contribution in [-0.2, 0) is 23.7 Å². The highest BCUT2D eigenvalue weighted by Crippen LogP contribution is 2.38. The Morgan fingerprint density at radius 3 is 2.26 bits per heavy atom. The van der Waals surface area contributed by atoms with Crippen LogP contribution < -0.4 is 5.32 Å². The van der Waals surface area contributed by atoms with Crippen LogP contribution in [0, 0.1) is 0 Å². The highest BCUT2D eigenvalue weighted by atomic mass is 19.4. The first-order valence-corrected chi connectivity index (χ1v) is 10.9. The van der Waals surface area contributed by atoms with Gasteiger partial charge in [0.2, 0.25) is 5.91 Å². The molecule has 1 aromatic heterocycles. The summed E-state index contributed by atoms with van der Waals surface area (Å²) in [7, 11) is 0. The van der Waals surface area contributed by atoms with Crippen molar-refractivity contribution in [2.24, 2.45) is 0 Å². The fraction of sp³-hybridized carbons (Fsp3) is 0.842. The van der Waals surface area contributed by atoms with Gasteiger partial charge in [-0.15, -0.1) is 31.4 Å². The van der Waals surface area contributed by atoms with Gasteiger partial charge in [-0.3, -0.25) is 14.3 Å². The Morgan fingerprint density at radius 2 is 1.68 bits per heavy atom. The fourth-order valence-corrected chi connectivity index (χ4v) is 4.16. The topological polar surface area (TPSA) is 96.7 Å². The van der Waals surface area contributed by atoms with Crippen molar-refractivity contribution in [3.63, 3.8) is 0 Å². The molecule has 2 atom stereocenters. The van der Waals surface area contributed by atoms with Gasteiger partial charge in [0.1, 0.15) is 18.4 Å². The lowest BCUT2D eigenvalue weighted by Crippen LogP contribution is -2.45. The first kappa shape index (κ1) is 25.1. The molecule has 9 nitrogen and oxygen atoms in total. The van der Waals surface area contributed by atoms with E-state index in [1.807, 2.05) is 0 Å². The molecule has 0 bridgehead atoms. The molecule has 1 saturated heterocycles. The van der Waals surface area contributed by atoms with Gasteiger partial charge in [0.15, 0.2) is 0 Å². The first-order valence-electron chi connectivity index (χ1n) is 10.9. The molecular formula is C19H24F6N4O5. The number of nitrogens with one attached hydrogen (secondary N) is 1. The smallest absolute Gasteiger partial charge is 0.370 e. The second-order valence-corrected chi connectivity index (χ2v) is 8.69. The Morgan fingerprint density at radius 1 is 1.03 bits per heavy atom. The molecule has 0 radical (unpaired) electrons. The largest absolute Gasteiger partial charge is 0.522 e. The van der Waals surface area contributed by atoms with Gasteiger partial charge in [0.25, 0.3) is 0 Å². The van der Waals surface area contributed by atoms with Crippen LogP contribution in [0.3, 0.4) is 0 Å². The maximum Gasteiger partial charge on any atom is 0.522 e. The van der Waals surface area contributed by atoms with Crippen molar-refractivity contribution in [3.05, 3.63) is 11.9 Å². The molecule has 15 heteroatoms. The molecule has 0 spiro atoms. The fourth-order valence-electron chi connectivity index (χ4n) is 4.16. The van der Waals surface area contributed by atoms with Gasteiger partial charge >= 0.3 is 12.7 Å². The summed E-state index contributed by atoms with van der Waals surface area (Å²) < 4.78 is 93.4. The van der Waals surface area contributed by atoms with Crippen LogP contribution in [0.4, 0.5) is 26.3 Å².